The minimum absolute atomic E-state index is 0.928. The molecule has 0 N–H and O–H groups in total. The van der Waals surface area contributed by atoms with Crippen LogP contribution in [0.2, 0.25) is 0 Å². The smallest absolute Gasteiger partial charge is 0.145 e. The summed E-state index contributed by atoms with van der Waals surface area (Å²) in [5, 5.41) is 4.81. The van der Waals surface area contributed by atoms with Crippen LogP contribution in [0.3, 0.4) is 0 Å². The summed E-state index contributed by atoms with van der Waals surface area (Å²) in [6, 6.07) is 73.1. The van der Waals surface area contributed by atoms with Gasteiger partial charge in [-0.05, 0) is 69.4 Å². The molecule has 4 nitrogen and oxygen atoms in total. The summed E-state index contributed by atoms with van der Waals surface area (Å²) in [7, 11) is 0. The minimum atomic E-state index is 0.928. The number of fused-ring (bicyclic) bond motifs is 7. The summed E-state index contributed by atoms with van der Waals surface area (Å²) in [5.74, 6) is 1.86. The number of para-hydroxylation sites is 4. The van der Waals surface area contributed by atoms with E-state index < -0.39 is 0 Å². The van der Waals surface area contributed by atoms with Gasteiger partial charge in [0, 0.05) is 33.3 Å². The van der Waals surface area contributed by atoms with Gasteiger partial charge in [0.1, 0.15) is 11.6 Å². The molecule has 0 aliphatic carbocycles. The highest BCUT2D eigenvalue weighted by molar-refractivity contribution is 6.24. The van der Waals surface area contributed by atoms with Crippen molar-refractivity contribution in [2.24, 2.45) is 0 Å². The summed E-state index contributed by atoms with van der Waals surface area (Å²) >= 11 is 0. The third kappa shape index (κ3) is 5.23. The number of benzene rings is 9. The Morgan fingerprint density at radius 3 is 1.23 bits per heavy atom. The van der Waals surface area contributed by atoms with E-state index in [0.717, 1.165) is 72.7 Å². The third-order valence-electron chi connectivity index (χ3n) is 11.0. The van der Waals surface area contributed by atoms with E-state index in [9.17, 15) is 0 Å². The first kappa shape index (κ1) is 31.9. The van der Waals surface area contributed by atoms with E-state index >= 15 is 0 Å². The van der Waals surface area contributed by atoms with E-state index in [1.54, 1.807) is 0 Å². The lowest BCUT2D eigenvalue weighted by Crippen LogP contribution is -1.98. The summed E-state index contributed by atoms with van der Waals surface area (Å²) in [6.07, 6.45) is 0. The lowest BCUT2D eigenvalue weighted by Gasteiger charge is -2.13. The highest BCUT2D eigenvalue weighted by Gasteiger charge is 2.20. The molecule has 0 fully saturated rings. The fourth-order valence-electron chi connectivity index (χ4n) is 8.26. The topological polar surface area (TPSA) is 35.6 Å². The Morgan fingerprint density at radius 2 is 0.679 bits per heavy atom. The van der Waals surface area contributed by atoms with Crippen molar-refractivity contribution in [2.75, 3.05) is 0 Å². The predicted octanol–water partition coefficient (Wildman–Crippen LogP) is 13.3. The van der Waals surface area contributed by atoms with Gasteiger partial charge in [0.15, 0.2) is 0 Å². The van der Waals surface area contributed by atoms with Crippen LogP contribution in [0.5, 0.6) is 0 Å². The van der Waals surface area contributed by atoms with Crippen molar-refractivity contribution in [1.29, 1.82) is 0 Å². The van der Waals surface area contributed by atoms with E-state index in [1.165, 1.54) is 27.3 Å². The second-order valence-corrected chi connectivity index (χ2v) is 14.2. The van der Waals surface area contributed by atoms with Gasteiger partial charge in [-0.2, -0.15) is 0 Å². The molecule has 262 valence electrons. The van der Waals surface area contributed by atoms with Crippen LogP contribution in [0.15, 0.2) is 206 Å². The van der Waals surface area contributed by atoms with Crippen LogP contribution >= 0.6 is 0 Å². The molecule has 0 amide bonds. The molecule has 0 spiro atoms. The fourth-order valence-corrected chi connectivity index (χ4v) is 8.26. The molecule has 0 saturated carbocycles. The number of nitrogens with zero attached hydrogens (tertiary/aromatic N) is 4. The Morgan fingerprint density at radius 1 is 0.286 bits per heavy atom. The van der Waals surface area contributed by atoms with Crippen molar-refractivity contribution in [1.82, 2.24) is 19.1 Å². The third-order valence-corrected chi connectivity index (χ3v) is 11.0. The number of hydrogen-bond donors (Lipinski definition) is 0. The van der Waals surface area contributed by atoms with E-state index in [-0.39, 0.29) is 0 Å². The van der Waals surface area contributed by atoms with Crippen molar-refractivity contribution in [3.63, 3.8) is 0 Å². The molecule has 0 unspecified atom stereocenters. The maximum absolute atomic E-state index is 5.40. The van der Waals surface area contributed by atoms with E-state index in [1.807, 2.05) is 12.1 Å². The van der Waals surface area contributed by atoms with Gasteiger partial charge in [-0.25, -0.2) is 9.97 Å². The zero-order valence-corrected chi connectivity index (χ0v) is 30.4. The van der Waals surface area contributed by atoms with Crippen molar-refractivity contribution < 1.29 is 0 Å². The quantitative estimate of drug-likeness (QED) is 0.161. The van der Waals surface area contributed by atoms with Gasteiger partial charge in [0.2, 0.25) is 0 Å². The Kier molecular flexibility index (Phi) is 7.46. The number of imidazole rings is 2. The van der Waals surface area contributed by atoms with Crippen molar-refractivity contribution in [3.8, 4) is 56.4 Å². The van der Waals surface area contributed by atoms with Gasteiger partial charge >= 0.3 is 0 Å². The molecular formula is C52H34N4. The predicted molar refractivity (Wildman–Crippen MR) is 232 cm³/mol. The minimum Gasteiger partial charge on any atom is -0.292 e. The second-order valence-electron chi connectivity index (χ2n) is 14.2. The van der Waals surface area contributed by atoms with Crippen LogP contribution in [-0.4, -0.2) is 19.1 Å². The average molecular weight is 715 g/mol. The van der Waals surface area contributed by atoms with Crippen molar-refractivity contribution in [2.45, 2.75) is 0 Å². The van der Waals surface area contributed by atoms with Crippen LogP contribution < -0.4 is 0 Å². The van der Waals surface area contributed by atoms with Crippen LogP contribution in [0, 0.1) is 0 Å². The fraction of sp³-hybridized carbons (Fsp3) is 0. The van der Waals surface area contributed by atoms with Crippen LogP contribution in [0.25, 0.3) is 100 Å². The molecule has 0 radical (unpaired) electrons. The SMILES string of the molecule is c1ccc(-n2c(-c3ccc(-c4ccc(-c5ccc(-c6nc7c8ccccc8c8ccccc8c7n6-c6ccccc6)cc5)cc4)cc3)nc3ccccc32)cc1. The van der Waals surface area contributed by atoms with Gasteiger partial charge in [-0.3, -0.25) is 9.13 Å². The summed E-state index contributed by atoms with van der Waals surface area (Å²) in [4.78, 5) is 10.4. The normalized spacial score (nSPS) is 11.6. The Balaban J connectivity index is 0.930. The summed E-state index contributed by atoms with van der Waals surface area (Å²) < 4.78 is 4.57. The van der Waals surface area contributed by atoms with Gasteiger partial charge in [0.25, 0.3) is 0 Å². The first-order valence-electron chi connectivity index (χ1n) is 19.0. The molecule has 0 atom stereocenters. The maximum atomic E-state index is 5.40. The Hall–Kier alpha value is -7.56. The van der Waals surface area contributed by atoms with Crippen LogP contribution in [0.1, 0.15) is 0 Å². The van der Waals surface area contributed by atoms with Gasteiger partial charge in [0.05, 0.1) is 22.1 Å². The highest BCUT2D eigenvalue weighted by Crippen LogP contribution is 2.39. The largest absolute Gasteiger partial charge is 0.292 e. The molecule has 56 heavy (non-hydrogen) atoms. The lowest BCUT2D eigenvalue weighted by molar-refractivity contribution is 1.10. The second kappa shape index (κ2) is 13.1. The Labute approximate surface area is 324 Å². The lowest BCUT2D eigenvalue weighted by atomic mass is 9.99. The molecule has 0 bridgehead atoms. The number of hydrogen-bond acceptors (Lipinski definition) is 2. The van der Waals surface area contributed by atoms with Crippen LogP contribution in [0.4, 0.5) is 0 Å². The Bertz CT molecular complexity index is 3190. The molecular weight excluding hydrogens is 681 g/mol. The monoisotopic (exact) mass is 714 g/mol. The highest BCUT2D eigenvalue weighted by atomic mass is 15.1. The molecule has 4 heteroatoms. The molecule has 11 aromatic rings. The van der Waals surface area contributed by atoms with Gasteiger partial charge in [-0.15, -0.1) is 0 Å². The first-order valence-corrected chi connectivity index (χ1v) is 19.0. The van der Waals surface area contributed by atoms with Gasteiger partial charge in [-0.1, -0.05) is 170 Å². The number of rotatable bonds is 6. The maximum Gasteiger partial charge on any atom is 0.145 e. The van der Waals surface area contributed by atoms with E-state index in [4.69, 9.17) is 9.97 Å². The molecule has 11 rings (SSSR count). The van der Waals surface area contributed by atoms with Crippen molar-refractivity contribution in [3.05, 3.63) is 206 Å². The van der Waals surface area contributed by atoms with Gasteiger partial charge < -0.3 is 0 Å². The van der Waals surface area contributed by atoms with E-state index in [2.05, 4.69) is 203 Å². The summed E-state index contributed by atoms with van der Waals surface area (Å²) in [5.41, 5.74) is 13.2. The van der Waals surface area contributed by atoms with Crippen LogP contribution in [-0.2, 0) is 0 Å². The molecule has 0 aliphatic heterocycles. The summed E-state index contributed by atoms with van der Waals surface area (Å²) in [6.45, 7) is 0. The zero-order valence-electron chi connectivity index (χ0n) is 30.4. The average Bonchev–Trinajstić information content (AvgIpc) is 3.88. The van der Waals surface area contributed by atoms with Crippen molar-refractivity contribution >= 4 is 43.6 Å². The molecule has 0 saturated heterocycles. The molecule has 2 aromatic heterocycles. The van der Waals surface area contributed by atoms with E-state index in [0.29, 0.717) is 0 Å². The first-order chi connectivity index (χ1) is 27.8. The standard InChI is InChI=1S/C52H34N4/c1-3-13-41(14-4-1)55-48-22-12-11-21-47(48)53-51(55)39-31-27-37(28-32-39)35-23-25-36(26-24-35)38-29-33-40(34-30-38)52-54-49-45-19-9-7-17-43(45)44-18-8-10-20-46(44)50(49)56(52)42-15-5-2-6-16-42/h1-34H. The molecule has 2 heterocycles. The zero-order chi connectivity index (χ0) is 37.0. The number of aromatic nitrogens is 4. The molecule has 0 aliphatic rings. The molecule has 9 aromatic carbocycles.